The first-order valence-electron chi connectivity index (χ1n) is 6.34. The predicted molar refractivity (Wildman–Crippen MR) is 81.0 cm³/mol. The van der Waals surface area contributed by atoms with Crippen molar-refractivity contribution in [3.8, 4) is 0 Å². The summed E-state index contributed by atoms with van der Waals surface area (Å²) in [6.45, 7) is 1.88. The van der Waals surface area contributed by atoms with E-state index in [0.29, 0.717) is 23.5 Å². The zero-order chi connectivity index (χ0) is 15.6. The lowest BCUT2D eigenvalue weighted by atomic mass is 10.1. The third kappa shape index (κ3) is 2.75. The summed E-state index contributed by atoms with van der Waals surface area (Å²) >= 11 is 0. The molecule has 0 saturated carbocycles. The van der Waals surface area contributed by atoms with Gasteiger partial charge in [0.05, 0.1) is 11.9 Å². The summed E-state index contributed by atoms with van der Waals surface area (Å²) in [4.78, 5) is 6.78. The molecule has 2 aromatic rings. The first kappa shape index (κ1) is 15.0. The SMILES string of the molecule is CCc1ncc(S(=O)(=O)N(C)c2ccccc2C(=N)N)[nH]1. The molecule has 0 unspecified atom stereocenters. The van der Waals surface area contributed by atoms with Crippen molar-refractivity contribution in [2.75, 3.05) is 11.4 Å². The molecule has 21 heavy (non-hydrogen) atoms. The van der Waals surface area contributed by atoms with E-state index in [-0.39, 0.29) is 10.9 Å². The topological polar surface area (TPSA) is 116 Å². The molecule has 0 amide bonds. The van der Waals surface area contributed by atoms with E-state index in [4.69, 9.17) is 11.1 Å². The molecule has 112 valence electrons. The molecule has 0 fully saturated rings. The second-order valence-electron chi connectivity index (χ2n) is 4.45. The Kier molecular flexibility index (Phi) is 3.99. The number of hydrogen-bond acceptors (Lipinski definition) is 4. The van der Waals surface area contributed by atoms with Crippen molar-refractivity contribution in [3.63, 3.8) is 0 Å². The van der Waals surface area contributed by atoms with E-state index >= 15 is 0 Å². The number of imidazole rings is 1. The first-order valence-corrected chi connectivity index (χ1v) is 7.78. The number of amidine groups is 1. The normalized spacial score (nSPS) is 11.3. The van der Waals surface area contributed by atoms with Crippen LogP contribution in [-0.4, -0.2) is 31.3 Å². The maximum Gasteiger partial charge on any atom is 0.281 e. The number of hydrogen-bond donors (Lipinski definition) is 3. The lowest BCUT2D eigenvalue weighted by molar-refractivity contribution is 0.591. The highest BCUT2D eigenvalue weighted by Crippen LogP contribution is 2.24. The van der Waals surface area contributed by atoms with Gasteiger partial charge in [-0.05, 0) is 12.1 Å². The van der Waals surface area contributed by atoms with Gasteiger partial charge >= 0.3 is 0 Å². The van der Waals surface area contributed by atoms with Gasteiger partial charge in [0.25, 0.3) is 10.0 Å². The third-order valence-electron chi connectivity index (χ3n) is 3.11. The molecule has 7 nitrogen and oxygen atoms in total. The van der Waals surface area contributed by atoms with Gasteiger partial charge in [0.1, 0.15) is 11.7 Å². The van der Waals surface area contributed by atoms with Crippen molar-refractivity contribution in [3.05, 3.63) is 41.9 Å². The van der Waals surface area contributed by atoms with E-state index < -0.39 is 10.0 Å². The molecule has 0 bridgehead atoms. The third-order valence-corrected chi connectivity index (χ3v) is 4.79. The summed E-state index contributed by atoms with van der Waals surface area (Å²) in [6.07, 6.45) is 1.91. The number of aromatic nitrogens is 2. The number of rotatable bonds is 5. The number of nitrogen functional groups attached to an aromatic ring is 1. The van der Waals surface area contributed by atoms with Gasteiger partial charge in [-0.15, -0.1) is 0 Å². The van der Waals surface area contributed by atoms with Crippen LogP contribution in [0.25, 0.3) is 0 Å². The van der Waals surface area contributed by atoms with Crippen LogP contribution in [0, 0.1) is 5.41 Å². The fourth-order valence-corrected chi connectivity index (χ4v) is 3.05. The lowest BCUT2D eigenvalue weighted by Crippen LogP contribution is -2.29. The summed E-state index contributed by atoms with van der Waals surface area (Å²) in [5.74, 6) is 0.410. The van der Waals surface area contributed by atoms with Crippen molar-refractivity contribution in [1.29, 1.82) is 5.41 Å². The number of aromatic amines is 1. The van der Waals surface area contributed by atoms with E-state index in [1.807, 2.05) is 6.92 Å². The summed E-state index contributed by atoms with van der Waals surface area (Å²) in [5.41, 5.74) is 6.21. The van der Waals surface area contributed by atoms with E-state index in [2.05, 4.69) is 9.97 Å². The van der Waals surface area contributed by atoms with Crippen LogP contribution in [0.15, 0.2) is 35.5 Å². The monoisotopic (exact) mass is 307 g/mol. The van der Waals surface area contributed by atoms with E-state index in [9.17, 15) is 8.42 Å². The standard InChI is InChI=1S/C13H17N5O2S/c1-3-11-16-8-12(17-11)21(19,20)18(2)10-7-5-4-6-9(10)13(14)15/h4-8H,3H2,1-2H3,(H3,14,15)(H,16,17). The van der Waals surface area contributed by atoms with Gasteiger partial charge in [-0.3, -0.25) is 9.71 Å². The summed E-state index contributed by atoms with van der Waals surface area (Å²) < 4.78 is 26.3. The second kappa shape index (κ2) is 5.57. The summed E-state index contributed by atoms with van der Waals surface area (Å²) in [7, 11) is -2.35. The molecule has 0 saturated heterocycles. The van der Waals surface area contributed by atoms with Gasteiger partial charge < -0.3 is 10.7 Å². The maximum absolute atomic E-state index is 12.6. The molecular formula is C13H17N5O2S. The molecule has 1 aromatic heterocycles. The van der Waals surface area contributed by atoms with E-state index in [0.717, 1.165) is 4.31 Å². The number of aryl methyl sites for hydroxylation is 1. The number of H-pyrrole nitrogens is 1. The van der Waals surface area contributed by atoms with Crippen molar-refractivity contribution in [2.45, 2.75) is 18.4 Å². The Bertz CT molecular complexity index is 766. The summed E-state index contributed by atoms with van der Waals surface area (Å²) in [5, 5.41) is 7.56. The Morgan fingerprint density at radius 3 is 2.67 bits per heavy atom. The Morgan fingerprint density at radius 1 is 1.43 bits per heavy atom. The Balaban J connectivity index is 2.48. The van der Waals surface area contributed by atoms with Crippen LogP contribution in [0.1, 0.15) is 18.3 Å². The number of nitrogens with two attached hydrogens (primary N) is 1. The lowest BCUT2D eigenvalue weighted by Gasteiger charge is -2.20. The van der Waals surface area contributed by atoms with Gasteiger partial charge in [0.2, 0.25) is 0 Å². The zero-order valence-corrected chi connectivity index (χ0v) is 12.6. The molecule has 0 aliphatic rings. The number of benzene rings is 1. The van der Waals surface area contributed by atoms with Crippen molar-refractivity contribution in [2.24, 2.45) is 5.73 Å². The molecule has 0 atom stereocenters. The Labute approximate surface area is 123 Å². The highest BCUT2D eigenvalue weighted by atomic mass is 32.2. The second-order valence-corrected chi connectivity index (χ2v) is 6.39. The Hall–Kier alpha value is -2.35. The minimum Gasteiger partial charge on any atom is -0.384 e. The van der Waals surface area contributed by atoms with Crippen LogP contribution in [0.3, 0.4) is 0 Å². The highest BCUT2D eigenvalue weighted by molar-refractivity contribution is 7.92. The van der Waals surface area contributed by atoms with Crippen LogP contribution in [-0.2, 0) is 16.4 Å². The molecule has 0 spiro atoms. The largest absolute Gasteiger partial charge is 0.384 e. The molecule has 8 heteroatoms. The molecule has 0 radical (unpaired) electrons. The first-order chi connectivity index (χ1) is 9.87. The highest BCUT2D eigenvalue weighted by Gasteiger charge is 2.25. The van der Waals surface area contributed by atoms with Gasteiger partial charge in [-0.1, -0.05) is 19.1 Å². The minimum atomic E-state index is -3.77. The van der Waals surface area contributed by atoms with Crippen molar-refractivity contribution >= 4 is 21.5 Å². The molecule has 4 N–H and O–H groups in total. The molecule has 2 rings (SSSR count). The van der Waals surface area contributed by atoms with Crippen LogP contribution in [0.5, 0.6) is 0 Å². The van der Waals surface area contributed by atoms with E-state index in [1.54, 1.807) is 24.3 Å². The van der Waals surface area contributed by atoms with Crippen LogP contribution < -0.4 is 10.0 Å². The number of anilines is 1. The smallest absolute Gasteiger partial charge is 0.281 e. The van der Waals surface area contributed by atoms with Crippen molar-refractivity contribution in [1.82, 2.24) is 9.97 Å². The number of sulfonamides is 1. The molecule has 1 aromatic carbocycles. The fourth-order valence-electron chi connectivity index (χ4n) is 1.91. The van der Waals surface area contributed by atoms with Gasteiger partial charge in [0, 0.05) is 19.0 Å². The molecule has 0 aliphatic heterocycles. The number of nitrogens with one attached hydrogen (secondary N) is 2. The predicted octanol–water partition coefficient (Wildman–Crippen LogP) is 1.08. The summed E-state index contributed by atoms with van der Waals surface area (Å²) in [6, 6.07) is 6.60. The average molecular weight is 307 g/mol. The maximum atomic E-state index is 12.6. The Morgan fingerprint density at radius 2 is 2.10 bits per heavy atom. The van der Waals surface area contributed by atoms with Crippen LogP contribution in [0.2, 0.25) is 0 Å². The van der Waals surface area contributed by atoms with Gasteiger partial charge in [0.15, 0.2) is 5.03 Å². The van der Waals surface area contributed by atoms with Crippen molar-refractivity contribution < 1.29 is 8.42 Å². The average Bonchev–Trinajstić information content (AvgIpc) is 2.96. The molecular weight excluding hydrogens is 290 g/mol. The van der Waals surface area contributed by atoms with Crippen LogP contribution in [0.4, 0.5) is 5.69 Å². The zero-order valence-electron chi connectivity index (χ0n) is 11.8. The van der Waals surface area contributed by atoms with E-state index in [1.165, 1.54) is 13.2 Å². The minimum absolute atomic E-state index is 0.0141. The van der Waals surface area contributed by atoms with Gasteiger partial charge in [-0.25, -0.2) is 4.98 Å². The van der Waals surface area contributed by atoms with Gasteiger partial charge in [-0.2, -0.15) is 8.42 Å². The molecule has 1 heterocycles. The quantitative estimate of drug-likeness (QED) is 0.566. The number of para-hydroxylation sites is 1. The molecule has 0 aliphatic carbocycles. The number of nitrogens with zero attached hydrogens (tertiary/aromatic N) is 2. The van der Waals surface area contributed by atoms with Crippen LogP contribution >= 0.6 is 0 Å². The fraction of sp³-hybridized carbons (Fsp3) is 0.231.